The largest absolute Gasteiger partial charge is 0.506 e. The fourth-order valence-corrected chi connectivity index (χ4v) is 2.34. The molecule has 1 aromatic rings. The topological polar surface area (TPSA) is 45.6 Å². The van der Waals surface area contributed by atoms with Crippen molar-refractivity contribution in [3.05, 3.63) is 23.5 Å². The van der Waals surface area contributed by atoms with Crippen molar-refractivity contribution in [3.8, 4) is 5.75 Å². The molecule has 2 atom stereocenters. The number of aryl methyl sites for hydroxylation is 1. The third-order valence-electron chi connectivity index (χ3n) is 2.96. The minimum absolute atomic E-state index is 0.241. The lowest BCUT2D eigenvalue weighted by Gasteiger charge is -2.35. The number of pyridine rings is 1. The number of aromatic hydroxyl groups is 1. The summed E-state index contributed by atoms with van der Waals surface area (Å²) in [6.45, 7) is 8.55. The van der Waals surface area contributed by atoms with Gasteiger partial charge in [0, 0.05) is 25.3 Å². The average molecular weight is 236 g/mol. The molecule has 0 radical (unpaired) electrons. The van der Waals surface area contributed by atoms with Crippen molar-refractivity contribution in [1.82, 2.24) is 9.88 Å². The van der Waals surface area contributed by atoms with E-state index in [2.05, 4.69) is 23.7 Å². The summed E-state index contributed by atoms with van der Waals surface area (Å²) in [6.07, 6.45) is 0.483. The fourth-order valence-electron chi connectivity index (χ4n) is 2.34. The molecule has 94 valence electrons. The van der Waals surface area contributed by atoms with Crippen molar-refractivity contribution in [2.45, 2.75) is 39.5 Å². The summed E-state index contributed by atoms with van der Waals surface area (Å²) < 4.78 is 5.68. The minimum Gasteiger partial charge on any atom is -0.506 e. The molecular formula is C13H20N2O2. The molecule has 0 aromatic carbocycles. The van der Waals surface area contributed by atoms with Crippen molar-refractivity contribution < 1.29 is 9.84 Å². The van der Waals surface area contributed by atoms with Gasteiger partial charge in [0.2, 0.25) is 0 Å². The lowest BCUT2D eigenvalue weighted by Crippen LogP contribution is -2.44. The standard InChI is InChI=1S/C13H20N2O2/c1-9-4-5-13(16)12(14-9)8-15-6-10(2)17-11(3)7-15/h4-5,10-11,16H,6-8H2,1-3H3. The van der Waals surface area contributed by atoms with E-state index in [4.69, 9.17) is 4.74 Å². The number of nitrogens with zero attached hydrogens (tertiary/aromatic N) is 2. The van der Waals surface area contributed by atoms with Gasteiger partial charge in [0.1, 0.15) is 5.75 Å². The van der Waals surface area contributed by atoms with Crippen LogP contribution < -0.4 is 0 Å². The minimum atomic E-state index is 0.241. The highest BCUT2D eigenvalue weighted by Gasteiger charge is 2.23. The van der Waals surface area contributed by atoms with E-state index in [1.807, 2.05) is 13.0 Å². The number of hydrogen-bond acceptors (Lipinski definition) is 4. The Morgan fingerprint density at radius 1 is 1.35 bits per heavy atom. The lowest BCUT2D eigenvalue weighted by molar-refractivity contribution is -0.0709. The average Bonchev–Trinajstić information content (AvgIpc) is 2.22. The van der Waals surface area contributed by atoms with Crippen LogP contribution in [0.1, 0.15) is 25.2 Å². The molecule has 0 amide bonds. The van der Waals surface area contributed by atoms with Crippen molar-refractivity contribution in [2.75, 3.05) is 13.1 Å². The number of hydrogen-bond donors (Lipinski definition) is 1. The van der Waals surface area contributed by atoms with Crippen LogP contribution in [-0.4, -0.2) is 40.3 Å². The summed E-state index contributed by atoms with van der Waals surface area (Å²) in [5.74, 6) is 0.280. The molecule has 2 rings (SSSR count). The van der Waals surface area contributed by atoms with E-state index in [0.717, 1.165) is 24.5 Å². The van der Waals surface area contributed by atoms with E-state index in [1.165, 1.54) is 0 Å². The van der Waals surface area contributed by atoms with Crippen molar-refractivity contribution in [3.63, 3.8) is 0 Å². The van der Waals surface area contributed by atoms with Crippen LogP contribution in [0.2, 0.25) is 0 Å². The summed E-state index contributed by atoms with van der Waals surface area (Å²) in [6, 6.07) is 3.54. The number of ether oxygens (including phenoxy) is 1. The molecule has 1 aliphatic heterocycles. The Kier molecular flexibility index (Phi) is 3.64. The fraction of sp³-hybridized carbons (Fsp3) is 0.615. The summed E-state index contributed by atoms with van der Waals surface area (Å²) in [5.41, 5.74) is 1.69. The van der Waals surface area contributed by atoms with Crippen LogP contribution >= 0.6 is 0 Å². The number of morpholine rings is 1. The molecule has 2 unspecified atom stereocenters. The Bertz CT molecular complexity index is 385. The van der Waals surface area contributed by atoms with Gasteiger partial charge < -0.3 is 9.84 Å². The Morgan fingerprint density at radius 2 is 2.00 bits per heavy atom. The van der Waals surface area contributed by atoms with Crippen LogP contribution in [0, 0.1) is 6.92 Å². The molecule has 0 aliphatic carbocycles. The SMILES string of the molecule is Cc1ccc(O)c(CN2CC(C)OC(C)C2)n1. The van der Waals surface area contributed by atoms with Gasteiger partial charge >= 0.3 is 0 Å². The third kappa shape index (κ3) is 3.17. The van der Waals surface area contributed by atoms with Crippen LogP contribution in [-0.2, 0) is 11.3 Å². The molecule has 1 N–H and O–H groups in total. The van der Waals surface area contributed by atoms with Crippen LogP contribution in [0.4, 0.5) is 0 Å². The van der Waals surface area contributed by atoms with E-state index in [-0.39, 0.29) is 18.0 Å². The lowest BCUT2D eigenvalue weighted by atomic mass is 10.2. The summed E-state index contributed by atoms with van der Waals surface area (Å²) in [5, 5.41) is 9.78. The molecule has 0 bridgehead atoms. The molecule has 1 saturated heterocycles. The quantitative estimate of drug-likeness (QED) is 0.849. The predicted molar refractivity (Wildman–Crippen MR) is 65.9 cm³/mol. The second-order valence-corrected chi connectivity index (χ2v) is 4.87. The maximum absolute atomic E-state index is 9.78. The van der Waals surface area contributed by atoms with Gasteiger partial charge in [-0.15, -0.1) is 0 Å². The third-order valence-corrected chi connectivity index (χ3v) is 2.96. The van der Waals surface area contributed by atoms with Crippen LogP contribution in [0.25, 0.3) is 0 Å². The van der Waals surface area contributed by atoms with Gasteiger partial charge in [-0.3, -0.25) is 9.88 Å². The van der Waals surface area contributed by atoms with E-state index >= 15 is 0 Å². The molecule has 1 aliphatic rings. The Balaban J connectivity index is 2.07. The molecule has 1 fully saturated rings. The molecule has 4 heteroatoms. The number of rotatable bonds is 2. The molecule has 0 spiro atoms. The first kappa shape index (κ1) is 12.3. The van der Waals surface area contributed by atoms with Gasteiger partial charge in [-0.05, 0) is 32.9 Å². The molecular weight excluding hydrogens is 216 g/mol. The van der Waals surface area contributed by atoms with Crippen LogP contribution in [0.3, 0.4) is 0 Å². The molecule has 17 heavy (non-hydrogen) atoms. The van der Waals surface area contributed by atoms with Gasteiger partial charge in [-0.25, -0.2) is 0 Å². The van der Waals surface area contributed by atoms with E-state index < -0.39 is 0 Å². The molecule has 2 heterocycles. The van der Waals surface area contributed by atoms with E-state index in [0.29, 0.717) is 6.54 Å². The highest BCUT2D eigenvalue weighted by molar-refractivity contribution is 5.27. The molecule has 1 aromatic heterocycles. The summed E-state index contributed by atoms with van der Waals surface area (Å²) in [4.78, 5) is 6.66. The first-order valence-electron chi connectivity index (χ1n) is 6.08. The van der Waals surface area contributed by atoms with Crippen molar-refractivity contribution in [1.29, 1.82) is 0 Å². The number of aromatic nitrogens is 1. The molecule has 0 saturated carbocycles. The van der Waals surface area contributed by atoms with Gasteiger partial charge in [0.15, 0.2) is 0 Å². The first-order valence-corrected chi connectivity index (χ1v) is 6.08. The van der Waals surface area contributed by atoms with Crippen molar-refractivity contribution >= 4 is 0 Å². The van der Waals surface area contributed by atoms with E-state index in [9.17, 15) is 5.11 Å². The van der Waals surface area contributed by atoms with Crippen LogP contribution in [0.15, 0.2) is 12.1 Å². The van der Waals surface area contributed by atoms with Crippen LogP contribution in [0.5, 0.6) is 5.75 Å². The second-order valence-electron chi connectivity index (χ2n) is 4.87. The zero-order valence-corrected chi connectivity index (χ0v) is 10.7. The second kappa shape index (κ2) is 5.02. The highest BCUT2D eigenvalue weighted by atomic mass is 16.5. The van der Waals surface area contributed by atoms with Gasteiger partial charge in [-0.2, -0.15) is 0 Å². The van der Waals surface area contributed by atoms with Crippen molar-refractivity contribution in [2.24, 2.45) is 0 Å². The monoisotopic (exact) mass is 236 g/mol. The maximum atomic E-state index is 9.78. The molecule has 4 nitrogen and oxygen atoms in total. The Labute approximate surface area is 102 Å². The first-order chi connectivity index (χ1) is 8.04. The smallest absolute Gasteiger partial charge is 0.138 e. The zero-order valence-electron chi connectivity index (χ0n) is 10.7. The summed E-state index contributed by atoms with van der Waals surface area (Å²) in [7, 11) is 0. The predicted octanol–water partition coefficient (Wildman–Crippen LogP) is 1.70. The maximum Gasteiger partial charge on any atom is 0.138 e. The zero-order chi connectivity index (χ0) is 12.4. The summed E-state index contributed by atoms with van der Waals surface area (Å²) >= 11 is 0. The highest BCUT2D eigenvalue weighted by Crippen LogP contribution is 2.19. The van der Waals surface area contributed by atoms with Gasteiger partial charge in [-0.1, -0.05) is 0 Å². The van der Waals surface area contributed by atoms with Gasteiger partial charge in [0.25, 0.3) is 0 Å². The van der Waals surface area contributed by atoms with E-state index in [1.54, 1.807) is 6.07 Å². The Morgan fingerprint density at radius 3 is 2.65 bits per heavy atom. The van der Waals surface area contributed by atoms with Gasteiger partial charge in [0.05, 0.1) is 17.9 Å². The normalized spacial score (nSPS) is 26.1. The Hall–Kier alpha value is -1.13.